The molecule has 6 rings (SSSR count). The molecule has 0 bridgehead atoms. The lowest BCUT2D eigenvalue weighted by Crippen LogP contribution is -2.10. The molecule has 0 atom stereocenters. The van der Waals surface area contributed by atoms with E-state index >= 15 is 0 Å². The van der Waals surface area contributed by atoms with Gasteiger partial charge in [0.15, 0.2) is 0 Å². The van der Waals surface area contributed by atoms with Crippen LogP contribution < -0.4 is 5.23 Å². The average molecular weight is 423 g/mol. The molecule has 6 heteroatoms. The highest BCUT2D eigenvalue weighted by molar-refractivity contribution is 7.26. The first-order valence-electron chi connectivity index (χ1n) is 9.88. The lowest BCUT2D eigenvalue weighted by atomic mass is 10.1. The van der Waals surface area contributed by atoms with Crippen molar-refractivity contribution in [2.24, 2.45) is 0 Å². The fraction of sp³-hybridized carbons (Fsp3) is 0. The Labute approximate surface area is 181 Å². The van der Waals surface area contributed by atoms with Crippen LogP contribution in [-0.4, -0.2) is 20.0 Å². The van der Waals surface area contributed by atoms with Crippen LogP contribution in [-0.2, 0) is 0 Å². The Bertz CT molecular complexity index is 1570. The van der Waals surface area contributed by atoms with E-state index in [-0.39, 0.29) is 5.23 Å². The molecule has 0 saturated carbocycles. The highest BCUT2D eigenvalue weighted by Gasteiger charge is 2.19. The van der Waals surface area contributed by atoms with E-state index in [0.717, 1.165) is 48.3 Å². The van der Waals surface area contributed by atoms with Gasteiger partial charge in [-0.15, -0.1) is 16.6 Å². The zero-order valence-electron chi connectivity index (χ0n) is 16.3. The summed E-state index contributed by atoms with van der Waals surface area (Å²) in [4.78, 5) is 4.95. The summed E-state index contributed by atoms with van der Waals surface area (Å²) in [6, 6.07) is 30.0. The Hall–Kier alpha value is -3.71. The number of nitrogens with zero attached hydrogens (tertiary/aromatic N) is 3. The Morgan fingerprint density at radius 1 is 0.710 bits per heavy atom. The van der Waals surface area contributed by atoms with Gasteiger partial charge in [-0.25, -0.2) is 4.98 Å². The van der Waals surface area contributed by atoms with Crippen molar-refractivity contribution < 1.29 is 10.4 Å². The molecule has 0 saturated heterocycles. The third kappa shape index (κ3) is 2.74. The van der Waals surface area contributed by atoms with Crippen LogP contribution in [0.2, 0.25) is 0 Å². The molecule has 4 aromatic carbocycles. The van der Waals surface area contributed by atoms with Gasteiger partial charge in [0, 0.05) is 16.3 Å². The van der Waals surface area contributed by atoms with Crippen molar-refractivity contribution in [3.8, 4) is 17.1 Å². The Morgan fingerprint density at radius 2 is 1.42 bits per heavy atom. The predicted octanol–water partition coefficient (Wildman–Crippen LogP) is 6.65. The molecule has 31 heavy (non-hydrogen) atoms. The number of aromatic nitrogens is 2. The van der Waals surface area contributed by atoms with Crippen molar-refractivity contribution in [3.05, 3.63) is 91.0 Å². The maximum absolute atomic E-state index is 9.71. The number of benzene rings is 4. The lowest BCUT2D eigenvalue weighted by molar-refractivity contribution is 0.0301. The minimum atomic E-state index is 0.194. The van der Waals surface area contributed by atoms with E-state index in [1.165, 1.54) is 0 Å². The number of hydrogen-bond donors (Lipinski definition) is 2. The second-order valence-corrected chi connectivity index (χ2v) is 8.35. The number of thiophene rings is 1. The van der Waals surface area contributed by atoms with Crippen LogP contribution in [0.5, 0.6) is 0 Å². The van der Waals surface area contributed by atoms with Gasteiger partial charge in [-0.05, 0) is 24.3 Å². The Kier molecular flexibility index (Phi) is 4.04. The van der Waals surface area contributed by atoms with E-state index in [0.29, 0.717) is 5.69 Å². The van der Waals surface area contributed by atoms with Gasteiger partial charge < -0.3 is 0 Å². The monoisotopic (exact) mass is 423 g/mol. The molecule has 2 N–H and O–H groups in total. The maximum atomic E-state index is 9.71. The van der Waals surface area contributed by atoms with Crippen LogP contribution in [0.15, 0.2) is 91.0 Å². The fourth-order valence-electron chi connectivity index (χ4n) is 4.17. The normalized spacial score (nSPS) is 11.5. The molecule has 0 amide bonds. The zero-order valence-corrected chi connectivity index (χ0v) is 17.1. The molecule has 0 aliphatic carbocycles. The van der Waals surface area contributed by atoms with Gasteiger partial charge in [-0.3, -0.25) is 15.0 Å². The number of para-hydroxylation sites is 2. The quantitative estimate of drug-likeness (QED) is 0.313. The minimum Gasteiger partial charge on any atom is -0.291 e. The van der Waals surface area contributed by atoms with Crippen molar-refractivity contribution >= 4 is 48.2 Å². The van der Waals surface area contributed by atoms with E-state index in [1.807, 2.05) is 54.6 Å². The highest BCUT2D eigenvalue weighted by Crippen LogP contribution is 2.43. The van der Waals surface area contributed by atoms with E-state index < -0.39 is 0 Å². The van der Waals surface area contributed by atoms with Crippen molar-refractivity contribution in [1.29, 1.82) is 0 Å². The van der Waals surface area contributed by atoms with Gasteiger partial charge in [0.25, 0.3) is 0 Å². The summed E-state index contributed by atoms with van der Waals surface area (Å²) >= 11 is 1.54. The third-order valence-corrected chi connectivity index (χ3v) is 6.80. The number of rotatable bonds is 3. The van der Waals surface area contributed by atoms with Gasteiger partial charge in [-0.2, -0.15) is 0 Å². The molecule has 0 unspecified atom stereocenters. The fourth-order valence-corrected chi connectivity index (χ4v) is 5.47. The second kappa shape index (κ2) is 6.92. The lowest BCUT2D eigenvalue weighted by Gasteiger charge is -2.11. The smallest absolute Gasteiger partial charge is 0.145 e. The molecule has 150 valence electrons. The molecule has 0 radical (unpaired) electrons. The van der Waals surface area contributed by atoms with Crippen molar-refractivity contribution in [3.63, 3.8) is 0 Å². The first-order chi connectivity index (χ1) is 15.2. The number of anilines is 1. The molecule has 0 aliphatic rings. The molecular weight excluding hydrogens is 406 g/mol. The van der Waals surface area contributed by atoms with Crippen molar-refractivity contribution in [2.75, 3.05) is 5.23 Å². The van der Waals surface area contributed by atoms with Crippen molar-refractivity contribution in [1.82, 2.24) is 9.55 Å². The van der Waals surface area contributed by atoms with E-state index in [9.17, 15) is 10.4 Å². The first-order valence-corrected chi connectivity index (χ1v) is 10.7. The second-order valence-electron chi connectivity index (χ2n) is 7.32. The third-order valence-electron chi connectivity index (χ3n) is 5.53. The summed E-state index contributed by atoms with van der Waals surface area (Å²) in [5, 5.41) is 21.7. The summed E-state index contributed by atoms with van der Waals surface area (Å²) in [7, 11) is 0. The minimum absolute atomic E-state index is 0.194. The van der Waals surface area contributed by atoms with Gasteiger partial charge in [0.2, 0.25) is 0 Å². The van der Waals surface area contributed by atoms with Crippen LogP contribution in [0.25, 0.3) is 48.3 Å². The molecule has 2 heterocycles. The Morgan fingerprint density at radius 3 is 2.23 bits per heavy atom. The molecule has 2 aromatic heterocycles. The van der Waals surface area contributed by atoms with Gasteiger partial charge >= 0.3 is 0 Å². The summed E-state index contributed by atoms with van der Waals surface area (Å²) in [5.41, 5.74) is 4.37. The maximum Gasteiger partial charge on any atom is 0.145 e. The summed E-state index contributed by atoms with van der Waals surface area (Å²) in [6.07, 6.45) is 0. The molecule has 5 nitrogen and oxygen atoms in total. The largest absolute Gasteiger partial charge is 0.291 e. The van der Waals surface area contributed by atoms with Crippen molar-refractivity contribution in [2.45, 2.75) is 0 Å². The number of fused-ring (bicyclic) bond motifs is 4. The van der Waals surface area contributed by atoms with Crippen LogP contribution in [0.3, 0.4) is 0 Å². The number of imidazole rings is 1. The zero-order chi connectivity index (χ0) is 20.9. The molecule has 0 aliphatic heterocycles. The standard InChI is InChI=1S/C25H17N3O2S/c29-28(30)22-15-7-11-18-17-10-6-14-21(23(17)31-24(18)22)27-20-13-5-4-12-19(20)26-25(27)16-8-2-1-3-9-16/h1-15,29-30H. The predicted molar refractivity (Wildman–Crippen MR) is 125 cm³/mol. The first kappa shape index (κ1) is 18.1. The van der Waals surface area contributed by atoms with Crippen LogP contribution in [0.4, 0.5) is 5.69 Å². The van der Waals surface area contributed by atoms with Gasteiger partial charge in [0.1, 0.15) is 11.5 Å². The van der Waals surface area contributed by atoms with Gasteiger partial charge in [-0.1, -0.05) is 66.7 Å². The topological polar surface area (TPSA) is 61.5 Å². The molecular formula is C25H17N3O2S. The SMILES string of the molecule is ON(O)c1cccc2c1sc1c(-n3c(-c4ccccc4)nc4ccccc43)cccc12. The molecule has 6 aromatic rings. The average Bonchev–Trinajstić information content (AvgIpc) is 3.38. The van der Waals surface area contributed by atoms with Crippen LogP contribution >= 0.6 is 11.3 Å². The van der Waals surface area contributed by atoms with Crippen LogP contribution in [0.1, 0.15) is 0 Å². The van der Waals surface area contributed by atoms with E-state index in [1.54, 1.807) is 17.4 Å². The Balaban J connectivity index is 1.74. The molecule has 0 spiro atoms. The summed E-state index contributed by atoms with van der Waals surface area (Å²) in [5.74, 6) is 0.873. The van der Waals surface area contributed by atoms with E-state index in [2.05, 4.69) is 34.9 Å². The highest BCUT2D eigenvalue weighted by atomic mass is 32.1. The van der Waals surface area contributed by atoms with Gasteiger partial charge in [0.05, 0.1) is 26.1 Å². The molecule has 0 fully saturated rings. The van der Waals surface area contributed by atoms with Crippen LogP contribution in [0, 0.1) is 0 Å². The summed E-state index contributed by atoms with van der Waals surface area (Å²) in [6.45, 7) is 0. The number of hydrogen-bond acceptors (Lipinski definition) is 5. The van der Waals surface area contributed by atoms with E-state index in [4.69, 9.17) is 4.98 Å². The summed E-state index contributed by atoms with van der Waals surface area (Å²) < 4.78 is 4.07.